The first kappa shape index (κ1) is 14.1. The topological polar surface area (TPSA) is 66.0 Å². The van der Waals surface area contributed by atoms with Crippen LogP contribution in [0.25, 0.3) is 6.08 Å². The minimum Gasteiger partial charge on any atom is -0.462 e. The van der Waals surface area contributed by atoms with Crippen molar-refractivity contribution in [1.29, 1.82) is 5.26 Å². The number of benzene rings is 1. The van der Waals surface area contributed by atoms with Crippen LogP contribution in [0.3, 0.4) is 0 Å². The van der Waals surface area contributed by atoms with E-state index in [2.05, 4.69) is 21.2 Å². The molecule has 1 amide bonds. The average Bonchev–Trinajstić information content (AvgIpc) is 2.81. The van der Waals surface area contributed by atoms with Crippen molar-refractivity contribution in [2.75, 3.05) is 5.32 Å². The number of rotatable bonds is 3. The molecule has 2 rings (SSSR count). The number of anilines is 1. The van der Waals surface area contributed by atoms with Crippen molar-refractivity contribution in [2.24, 2.45) is 0 Å². The molecule has 0 aliphatic heterocycles. The smallest absolute Gasteiger partial charge is 0.266 e. The van der Waals surface area contributed by atoms with Gasteiger partial charge in [0.05, 0.1) is 0 Å². The Hall–Kier alpha value is -2.32. The predicted molar refractivity (Wildman–Crippen MR) is 79.8 cm³/mol. The van der Waals surface area contributed by atoms with E-state index in [4.69, 9.17) is 9.68 Å². The molecule has 0 spiro atoms. The molecule has 5 heteroatoms. The fourth-order valence-corrected chi connectivity index (χ4v) is 1.99. The molecule has 100 valence electrons. The van der Waals surface area contributed by atoms with E-state index in [9.17, 15) is 4.79 Å². The first-order valence-electron chi connectivity index (χ1n) is 5.83. The fourth-order valence-electron chi connectivity index (χ4n) is 1.59. The van der Waals surface area contributed by atoms with E-state index >= 15 is 0 Å². The van der Waals surface area contributed by atoms with E-state index in [1.807, 2.05) is 12.1 Å². The summed E-state index contributed by atoms with van der Waals surface area (Å²) in [4.78, 5) is 12.0. The zero-order valence-electron chi connectivity index (χ0n) is 10.7. The van der Waals surface area contributed by atoms with Crippen LogP contribution in [0.2, 0.25) is 0 Å². The number of carbonyl (C=O) groups is 1. The van der Waals surface area contributed by atoms with Crippen LogP contribution in [0, 0.1) is 18.3 Å². The molecule has 1 aromatic heterocycles. The zero-order valence-corrected chi connectivity index (χ0v) is 12.3. The average molecular weight is 331 g/mol. The second-order valence-electron chi connectivity index (χ2n) is 4.08. The van der Waals surface area contributed by atoms with Gasteiger partial charge in [-0.15, -0.1) is 0 Å². The van der Waals surface area contributed by atoms with Crippen molar-refractivity contribution in [3.63, 3.8) is 0 Å². The highest BCUT2D eigenvalue weighted by molar-refractivity contribution is 9.10. The van der Waals surface area contributed by atoms with E-state index in [0.717, 1.165) is 10.2 Å². The maximum Gasteiger partial charge on any atom is 0.266 e. The number of carbonyl (C=O) groups excluding carboxylic acids is 1. The highest BCUT2D eigenvalue weighted by Gasteiger charge is 2.10. The number of furan rings is 1. The lowest BCUT2D eigenvalue weighted by Crippen LogP contribution is -2.13. The molecule has 0 atom stereocenters. The number of hydrogen-bond donors (Lipinski definition) is 1. The van der Waals surface area contributed by atoms with E-state index in [0.29, 0.717) is 11.4 Å². The van der Waals surface area contributed by atoms with Gasteiger partial charge in [-0.3, -0.25) is 4.79 Å². The highest BCUT2D eigenvalue weighted by Crippen LogP contribution is 2.17. The summed E-state index contributed by atoms with van der Waals surface area (Å²) >= 11 is 3.32. The molecule has 0 aliphatic rings. The molecule has 0 saturated carbocycles. The Bertz CT molecular complexity index is 711. The first-order valence-corrected chi connectivity index (χ1v) is 6.63. The minimum absolute atomic E-state index is 0.0145. The van der Waals surface area contributed by atoms with Crippen LogP contribution < -0.4 is 5.32 Å². The molecule has 20 heavy (non-hydrogen) atoms. The number of nitrogens with zero attached hydrogens (tertiary/aromatic N) is 1. The lowest BCUT2D eigenvalue weighted by Gasteiger charge is -2.04. The molecule has 0 unspecified atom stereocenters. The number of halogens is 1. The molecule has 1 aromatic carbocycles. The summed E-state index contributed by atoms with van der Waals surface area (Å²) in [7, 11) is 0. The predicted octanol–water partition coefficient (Wildman–Crippen LogP) is 3.90. The second kappa shape index (κ2) is 6.22. The molecule has 1 heterocycles. The van der Waals surface area contributed by atoms with E-state index in [1.54, 1.807) is 37.3 Å². The number of hydrogen-bond acceptors (Lipinski definition) is 3. The molecule has 0 saturated heterocycles. The number of nitrogens with one attached hydrogen (secondary N) is 1. The first-order chi connectivity index (χ1) is 9.58. The zero-order chi connectivity index (χ0) is 14.5. The molecular formula is C15H11BrN2O2. The van der Waals surface area contributed by atoms with Gasteiger partial charge in [-0.05, 0) is 37.3 Å². The van der Waals surface area contributed by atoms with Crippen LogP contribution in [0.5, 0.6) is 0 Å². The third-order valence-electron chi connectivity index (χ3n) is 2.50. The fraction of sp³-hybridized carbons (Fsp3) is 0.0667. The molecule has 2 aromatic rings. The van der Waals surface area contributed by atoms with Crippen molar-refractivity contribution in [3.8, 4) is 6.07 Å². The Morgan fingerprint density at radius 2 is 2.20 bits per heavy atom. The van der Waals surface area contributed by atoms with Crippen LogP contribution in [0.1, 0.15) is 11.5 Å². The van der Waals surface area contributed by atoms with Crippen molar-refractivity contribution in [1.82, 2.24) is 0 Å². The number of amides is 1. The monoisotopic (exact) mass is 330 g/mol. The molecule has 1 N–H and O–H groups in total. The van der Waals surface area contributed by atoms with Crippen LogP contribution in [0.15, 0.2) is 50.9 Å². The summed E-state index contributed by atoms with van der Waals surface area (Å²) in [5, 5.41) is 11.7. The van der Waals surface area contributed by atoms with Gasteiger partial charge in [-0.25, -0.2) is 0 Å². The van der Waals surface area contributed by atoms with E-state index in [1.165, 1.54) is 6.08 Å². The molecule has 0 aliphatic carbocycles. The Labute approximate surface area is 124 Å². The maximum absolute atomic E-state index is 12.0. The molecule has 4 nitrogen and oxygen atoms in total. The largest absolute Gasteiger partial charge is 0.462 e. The summed E-state index contributed by atoms with van der Waals surface area (Å²) in [5.41, 5.74) is 0.598. The van der Waals surface area contributed by atoms with Crippen molar-refractivity contribution >= 4 is 33.6 Å². The summed E-state index contributed by atoms with van der Waals surface area (Å²) < 4.78 is 6.17. The van der Waals surface area contributed by atoms with E-state index in [-0.39, 0.29) is 5.57 Å². The minimum atomic E-state index is -0.473. The van der Waals surface area contributed by atoms with Gasteiger partial charge in [0.1, 0.15) is 23.2 Å². The van der Waals surface area contributed by atoms with Crippen LogP contribution in [-0.4, -0.2) is 5.91 Å². The lowest BCUT2D eigenvalue weighted by atomic mass is 10.2. The van der Waals surface area contributed by atoms with Gasteiger partial charge in [0.15, 0.2) is 0 Å². The Kier molecular flexibility index (Phi) is 4.38. The molecule has 0 bridgehead atoms. The van der Waals surface area contributed by atoms with Gasteiger partial charge in [0, 0.05) is 16.2 Å². The Morgan fingerprint density at radius 1 is 1.40 bits per heavy atom. The van der Waals surface area contributed by atoms with Crippen LogP contribution >= 0.6 is 15.9 Å². The van der Waals surface area contributed by atoms with Gasteiger partial charge >= 0.3 is 0 Å². The molecule has 0 radical (unpaired) electrons. The van der Waals surface area contributed by atoms with Gasteiger partial charge in [-0.2, -0.15) is 5.26 Å². The third-order valence-corrected chi connectivity index (χ3v) is 2.99. The van der Waals surface area contributed by atoms with Crippen molar-refractivity contribution in [2.45, 2.75) is 6.92 Å². The number of nitriles is 1. The summed E-state index contributed by atoms with van der Waals surface area (Å²) in [6.07, 6.45) is 1.42. The van der Waals surface area contributed by atoms with Gasteiger partial charge in [0.25, 0.3) is 5.91 Å². The number of aryl methyl sites for hydroxylation is 1. The van der Waals surface area contributed by atoms with Crippen molar-refractivity contribution < 1.29 is 9.21 Å². The highest BCUT2D eigenvalue weighted by atomic mass is 79.9. The van der Waals surface area contributed by atoms with Crippen LogP contribution in [0.4, 0.5) is 5.69 Å². The van der Waals surface area contributed by atoms with E-state index < -0.39 is 5.91 Å². The molecule has 0 fully saturated rings. The SMILES string of the molecule is Cc1ccc(/C=C(\C#N)C(=O)Nc2cccc(Br)c2)o1. The van der Waals surface area contributed by atoms with Crippen molar-refractivity contribution in [3.05, 3.63) is 58.0 Å². The summed E-state index contributed by atoms with van der Waals surface area (Å²) in [6, 6.07) is 12.5. The Morgan fingerprint density at radius 3 is 2.80 bits per heavy atom. The Balaban J connectivity index is 2.18. The summed E-state index contributed by atoms with van der Waals surface area (Å²) in [5.74, 6) is 0.726. The standard InChI is InChI=1S/C15H11BrN2O2/c1-10-5-6-14(20-10)7-11(9-17)15(19)18-13-4-2-3-12(16)8-13/h2-8H,1H3,(H,18,19)/b11-7+. The normalized spacial score (nSPS) is 10.9. The summed E-state index contributed by atoms with van der Waals surface area (Å²) in [6.45, 7) is 1.80. The van der Waals surface area contributed by atoms with Gasteiger partial charge < -0.3 is 9.73 Å². The van der Waals surface area contributed by atoms with Gasteiger partial charge in [0.2, 0.25) is 0 Å². The van der Waals surface area contributed by atoms with Crippen LogP contribution in [-0.2, 0) is 4.79 Å². The molecular weight excluding hydrogens is 320 g/mol. The van der Waals surface area contributed by atoms with Gasteiger partial charge in [-0.1, -0.05) is 22.0 Å². The maximum atomic E-state index is 12.0. The third kappa shape index (κ3) is 3.59. The quantitative estimate of drug-likeness (QED) is 0.685. The lowest BCUT2D eigenvalue weighted by molar-refractivity contribution is -0.112. The second-order valence-corrected chi connectivity index (χ2v) is 5.00.